The molecule has 0 unspecified atom stereocenters. The van der Waals surface area contributed by atoms with E-state index in [4.69, 9.17) is 0 Å². The molecule has 108 valence electrons. The highest BCUT2D eigenvalue weighted by molar-refractivity contribution is 8.00. The van der Waals surface area contributed by atoms with Gasteiger partial charge < -0.3 is 0 Å². The van der Waals surface area contributed by atoms with Crippen LogP contribution in [-0.2, 0) is 0 Å². The molecule has 0 aliphatic rings. The van der Waals surface area contributed by atoms with Gasteiger partial charge in [-0.15, -0.1) is 11.8 Å². The van der Waals surface area contributed by atoms with Crippen molar-refractivity contribution in [3.8, 4) is 0 Å². The molecule has 0 bridgehead atoms. The van der Waals surface area contributed by atoms with E-state index in [1.165, 1.54) is 11.8 Å². The lowest BCUT2D eigenvalue weighted by molar-refractivity contribution is 0.0938. The molecule has 0 atom stereocenters. The third kappa shape index (κ3) is 4.30. The van der Waals surface area contributed by atoms with E-state index in [1.54, 1.807) is 0 Å². The largest absolute Gasteiger partial charge is 0.294 e. The van der Waals surface area contributed by atoms with E-state index in [-0.39, 0.29) is 17.5 Å². The smallest absolute Gasteiger partial charge is 0.173 e. The number of rotatable bonds is 6. The van der Waals surface area contributed by atoms with Gasteiger partial charge in [-0.25, -0.2) is 0 Å². The number of carbonyl (C=O) groups excluding carboxylic acids is 2. The SMILES string of the molecule is CC(C)C(=O)c1ccc(SCC(=O)c2ccccc2)cc1. The number of hydrogen-bond donors (Lipinski definition) is 0. The molecule has 0 fully saturated rings. The third-order valence-electron chi connectivity index (χ3n) is 3.13. The summed E-state index contributed by atoms with van der Waals surface area (Å²) < 4.78 is 0. The molecule has 0 N–H and O–H groups in total. The Morgan fingerprint density at radius 1 is 0.905 bits per heavy atom. The Morgan fingerprint density at radius 3 is 2.10 bits per heavy atom. The van der Waals surface area contributed by atoms with Gasteiger partial charge in [-0.05, 0) is 12.1 Å². The quantitative estimate of drug-likeness (QED) is 0.581. The van der Waals surface area contributed by atoms with Crippen LogP contribution in [-0.4, -0.2) is 17.3 Å². The lowest BCUT2D eigenvalue weighted by Crippen LogP contribution is -2.07. The third-order valence-corrected chi connectivity index (χ3v) is 4.14. The van der Waals surface area contributed by atoms with Gasteiger partial charge >= 0.3 is 0 Å². The van der Waals surface area contributed by atoms with E-state index in [9.17, 15) is 9.59 Å². The molecule has 0 saturated carbocycles. The Morgan fingerprint density at radius 2 is 1.52 bits per heavy atom. The fourth-order valence-electron chi connectivity index (χ4n) is 1.91. The van der Waals surface area contributed by atoms with E-state index < -0.39 is 0 Å². The van der Waals surface area contributed by atoms with Crippen molar-refractivity contribution >= 4 is 23.3 Å². The highest BCUT2D eigenvalue weighted by Gasteiger charge is 2.10. The van der Waals surface area contributed by atoms with Crippen LogP contribution in [0.2, 0.25) is 0 Å². The zero-order valence-electron chi connectivity index (χ0n) is 12.2. The molecule has 0 radical (unpaired) electrons. The molecule has 2 aromatic rings. The first-order valence-corrected chi connectivity index (χ1v) is 7.92. The van der Waals surface area contributed by atoms with Crippen LogP contribution in [0.5, 0.6) is 0 Å². The normalized spacial score (nSPS) is 10.6. The van der Waals surface area contributed by atoms with Crippen molar-refractivity contribution in [2.75, 3.05) is 5.75 Å². The van der Waals surface area contributed by atoms with Crippen LogP contribution in [0.15, 0.2) is 59.5 Å². The summed E-state index contributed by atoms with van der Waals surface area (Å²) in [6.45, 7) is 3.78. The van der Waals surface area contributed by atoms with Crippen molar-refractivity contribution in [1.29, 1.82) is 0 Å². The van der Waals surface area contributed by atoms with E-state index in [1.807, 2.05) is 68.4 Å². The van der Waals surface area contributed by atoms with Crippen molar-refractivity contribution in [1.82, 2.24) is 0 Å². The molecular weight excluding hydrogens is 280 g/mol. The summed E-state index contributed by atoms with van der Waals surface area (Å²) in [6, 6.07) is 16.7. The molecule has 0 heterocycles. The summed E-state index contributed by atoms with van der Waals surface area (Å²) in [5, 5.41) is 0. The van der Waals surface area contributed by atoms with E-state index in [0.717, 1.165) is 16.0 Å². The average molecular weight is 298 g/mol. The maximum Gasteiger partial charge on any atom is 0.173 e. The zero-order chi connectivity index (χ0) is 15.2. The molecule has 0 aliphatic carbocycles. The number of Topliss-reactive ketones (excluding diaryl/α,β-unsaturated/α-hetero) is 2. The molecular formula is C18H18O2S. The minimum Gasteiger partial charge on any atom is -0.294 e. The maximum absolute atomic E-state index is 12.0. The Balaban J connectivity index is 1.95. The summed E-state index contributed by atoms with van der Waals surface area (Å²) in [4.78, 5) is 24.9. The van der Waals surface area contributed by atoms with Crippen molar-refractivity contribution in [2.45, 2.75) is 18.7 Å². The van der Waals surface area contributed by atoms with Gasteiger partial charge in [0.05, 0.1) is 5.75 Å². The summed E-state index contributed by atoms with van der Waals surface area (Å²) >= 11 is 1.49. The van der Waals surface area contributed by atoms with Crippen LogP contribution in [0, 0.1) is 5.92 Å². The second kappa shape index (κ2) is 7.23. The second-order valence-electron chi connectivity index (χ2n) is 5.12. The van der Waals surface area contributed by atoms with Crippen LogP contribution >= 0.6 is 11.8 Å². The highest BCUT2D eigenvalue weighted by Crippen LogP contribution is 2.20. The topological polar surface area (TPSA) is 34.1 Å². The van der Waals surface area contributed by atoms with Crippen LogP contribution in [0.4, 0.5) is 0 Å². The Kier molecular flexibility index (Phi) is 5.34. The monoisotopic (exact) mass is 298 g/mol. The van der Waals surface area contributed by atoms with Gasteiger partial charge in [0.15, 0.2) is 11.6 Å². The first kappa shape index (κ1) is 15.5. The molecule has 2 rings (SSSR count). The molecule has 3 heteroatoms. The summed E-state index contributed by atoms with van der Waals surface area (Å²) in [5.74, 6) is 0.666. The van der Waals surface area contributed by atoms with E-state index in [2.05, 4.69) is 0 Å². The zero-order valence-corrected chi connectivity index (χ0v) is 13.0. The second-order valence-corrected chi connectivity index (χ2v) is 6.17. The van der Waals surface area contributed by atoms with Gasteiger partial charge in [-0.3, -0.25) is 9.59 Å². The molecule has 2 nitrogen and oxygen atoms in total. The Bertz CT molecular complexity index is 615. The fraction of sp³-hybridized carbons (Fsp3) is 0.222. The van der Waals surface area contributed by atoms with Crippen molar-refractivity contribution in [3.63, 3.8) is 0 Å². The Labute approximate surface area is 129 Å². The standard InChI is InChI=1S/C18H18O2S/c1-13(2)18(20)15-8-10-16(11-9-15)21-12-17(19)14-6-4-3-5-7-14/h3-11,13H,12H2,1-2H3. The summed E-state index contributed by atoms with van der Waals surface area (Å²) in [5.41, 5.74) is 1.46. The number of carbonyl (C=O) groups is 2. The van der Waals surface area contributed by atoms with Crippen molar-refractivity contribution in [3.05, 3.63) is 65.7 Å². The molecule has 0 saturated heterocycles. The molecule has 0 aliphatic heterocycles. The predicted molar refractivity (Wildman–Crippen MR) is 87.1 cm³/mol. The number of ketones is 2. The van der Waals surface area contributed by atoms with Crippen LogP contribution in [0.1, 0.15) is 34.6 Å². The summed E-state index contributed by atoms with van der Waals surface area (Å²) in [6.07, 6.45) is 0. The van der Waals surface area contributed by atoms with Gasteiger partial charge in [-0.1, -0.05) is 56.3 Å². The molecule has 2 aromatic carbocycles. The van der Waals surface area contributed by atoms with E-state index >= 15 is 0 Å². The molecule has 0 amide bonds. The van der Waals surface area contributed by atoms with Crippen molar-refractivity contribution < 1.29 is 9.59 Å². The first-order chi connectivity index (χ1) is 10.1. The number of benzene rings is 2. The van der Waals surface area contributed by atoms with Gasteiger partial charge in [0.1, 0.15) is 0 Å². The Hall–Kier alpha value is -1.87. The number of hydrogen-bond acceptors (Lipinski definition) is 3. The fourth-order valence-corrected chi connectivity index (χ4v) is 2.70. The molecule has 0 aromatic heterocycles. The molecule has 21 heavy (non-hydrogen) atoms. The maximum atomic E-state index is 12.0. The van der Waals surface area contributed by atoms with Gasteiger partial charge in [-0.2, -0.15) is 0 Å². The minimum absolute atomic E-state index is 0.00293. The van der Waals surface area contributed by atoms with Gasteiger partial charge in [0.25, 0.3) is 0 Å². The predicted octanol–water partition coefficient (Wildman–Crippen LogP) is 4.50. The van der Waals surface area contributed by atoms with Crippen molar-refractivity contribution in [2.24, 2.45) is 5.92 Å². The lowest BCUT2D eigenvalue weighted by atomic mass is 10.0. The molecule has 0 spiro atoms. The number of thioether (sulfide) groups is 1. The van der Waals surface area contributed by atoms with Crippen LogP contribution in [0.25, 0.3) is 0 Å². The minimum atomic E-state index is 0.00293. The van der Waals surface area contributed by atoms with Gasteiger partial charge in [0.2, 0.25) is 0 Å². The van der Waals surface area contributed by atoms with Crippen LogP contribution < -0.4 is 0 Å². The highest BCUT2D eigenvalue weighted by atomic mass is 32.2. The lowest BCUT2D eigenvalue weighted by Gasteiger charge is -2.06. The summed E-state index contributed by atoms with van der Waals surface area (Å²) in [7, 11) is 0. The van der Waals surface area contributed by atoms with Gasteiger partial charge in [0, 0.05) is 21.9 Å². The first-order valence-electron chi connectivity index (χ1n) is 6.93. The average Bonchev–Trinajstić information content (AvgIpc) is 2.53. The van der Waals surface area contributed by atoms with Crippen LogP contribution in [0.3, 0.4) is 0 Å². The van der Waals surface area contributed by atoms with E-state index in [0.29, 0.717) is 5.75 Å².